The first-order chi connectivity index (χ1) is 11.0. The number of hydrogen-bond acceptors (Lipinski definition) is 7. The van der Waals surface area contributed by atoms with E-state index in [0.717, 1.165) is 0 Å². The zero-order valence-corrected chi connectivity index (χ0v) is 14.4. The second-order valence-electron chi connectivity index (χ2n) is 4.68. The SMILES string of the molecule is COc1cc(/C=C2\SC(=S)N(CCCO)C2=O)cc(OC)c1O. The Hall–Kier alpha value is -1.77. The molecule has 8 heteroatoms. The fraction of sp³-hybridized carbons (Fsp3) is 0.333. The largest absolute Gasteiger partial charge is 0.502 e. The van der Waals surface area contributed by atoms with Crippen LogP contribution in [0.4, 0.5) is 0 Å². The average molecular weight is 355 g/mol. The molecule has 2 N–H and O–H groups in total. The molecule has 1 saturated heterocycles. The van der Waals surface area contributed by atoms with E-state index in [4.69, 9.17) is 26.8 Å². The van der Waals surface area contributed by atoms with E-state index in [-0.39, 0.29) is 29.8 Å². The van der Waals surface area contributed by atoms with Gasteiger partial charge < -0.3 is 19.7 Å². The van der Waals surface area contributed by atoms with Gasteiger partial charge in [0.05, 0.1) is 19.1 Å². The average Bonchev–Trinajstić information content (AvgIpc) is 2.80. The maximum atomic E-state index is 12.4. The molecule has 23 heavy (non-hydrogen) atoms. The number of carbonyl (C=O) groups excluding carboxylic acids is 1. The molecular weight excluding hydrogens is 338 g/mol. The standard InChI is InChI=1S/C15H17NO5S2/c1-20-10-6-9(7-11(21-2)13(10)18)8-12-14(19)16(4-3-5-17)15(22)23-12/h6-8,17-18H,3-5H2,1-2H3/b12-8-. The highest BCUT2D eigenvalue weighted by Gasteiger charge is 2.31. The number of aliphatic hydroxyl groups excluding tert-OH is 1. The normalized spacial score (nSPS) is 16.3. The van der Waals surface area contributed by atoms with Crippen molar-refractivity contribution in [1.82, 2.24) is 4.90 Å². The van der Waals surface area contributed by atoms with E-state index < -0.39 is 0 Å². The number of nitrogens with zero attached hydrogens (tertiary/aromatic N) is 1. The molecule has 1 aliphatic heterocycles. The van der Waals surface area contributed by atoms with Gasteiger partial charge in [-0.1, -0.05) is 24.0 Å². The number of amides is 1. The quantitative estimate of drug-likeness (QED) is 0.597. The van der Waals surface area contributed by atoms with E-state index in [2.05, 4.69) is 0 Å². The first kappa shape index (κ1) is 17.6. The van der Waals surface area contributed by atoms with Crippen molar-refractivity contribution in [2.75, 3.05) is 27.4 Å². The third-order valence-electron chi connectivity index (χ3n) is 3.21. The maximum Gasteiger partial charge on any atom is 0.266 e. The van der Waals surface area contributed by atoms with Crippen LogP contribution in [0.3, 0.4) is 0 Å². The molecule has 1 fully saturated rings. The van der Waals surface area contributed by atoms with E-state index in [1.54, 1.807) is 18.2 Å². The number of aliphatic hydroxyl groups is 1. The van der Waals surface area contributed by atoms with Crippen LogP contribution >= 0.6 is 24.0 Å². The molecule has 1 aromatic carbocycles. The van der Waals surface area contributed by atoms with Gasteiger partial charge in [0.2, 0.25) is 5.75 Å². The van der Waals surface area contributed by atoms with Crippen LogP contribution in [-0.2, 0) is 4.79 Å². The highest BCUT2D eigenvalue weighted by molar-refractivity contribution is 8.26. The molecule has 0 atom stereocenters. The van der Waals surface area contributed by atoms with Crippen LogP contribution in [0.2, 0.25) is 0 Å². The Morgan fingerprint density at radius 3 is 2.43 bits per heavy atom. The van der Waals surface area contributed by atoms with E-state index >= 15 is 0 Å². The number of phenols is 1. The molecule has 0 spiro atoms. The zero-order valence-electron chi connectivity index (χ0n) is 12.7. The first-order valence-corrected chi connectivity index (χ1v) is 8.05. The lowest BCUT2D eigenvalue weighted by molar-refractivity contribution is -0.122. The van der Waals surface area contributed by atoms with E-state index in [1.807, 2.05) is 0 Å². The highest BCUT2D eigenvalue weighted by Crippen LogP contribution is 2.39. The van der Waals surface area contributed by atoms with E-state index in [9.17, 15) is 9.90 Å². The summed E-state index contributed by atoms with van der Waals surface area (Å²) in [5.74, 6) is 0.222. The number of phenolic OH excluding ortho intramolecular Hbond substituents is 1. The molecule has 1 amide bonds. The molecule has 0 unspecified atom stereocenters. The second-order valence-corrected chi connectivity index (χ2v) is 6.36. The summed E-state index contributed by atoms with van der Waals surface area (Å²) >= 11 is 6.40. The topological polar surface area (TPSA) is 79.2 Å². The molecule has 2 rings (SSSR count). The van der Waals surface area contributed by atoms with Crippen LogP contribution in [0, 0.1) is 0 Å². The van der Waals surface area contributed by atoms with Gasteiger partial charge in [0.15, 0.2) is 11.5 Å². The Labute approximate surface area is 143 Å². The summed E-state index contributed by atoms with van der Waals surface area (Å²) in [6.45, 7) is 0.392. The zero-order chi connectivity index (χ0) is 17.0. The van der Waals surface area contributed by atoms with Gasteiger partial charge in [-0.05, 0) is 30.2 Å². The lowest BCUT2D eigenvalue weighted by Gasteiger charge is -2.12. The van der Waals surface area contributed by atoms with E-state index in [1.165, 1.54) is 30.9 Å². The van der Waals surface area contributed by atoms with Gasteiger partial charge in [-0.3, -0.25) is 9.69 Å². The summed E-state index contributed by atoms with van der Waals surface area (Å²) in [5, 5.41) is 18.8. The summed E-state index contributed by atoms with van der Waals surface area (Å²) in [6.07, 6.45) is 2.14. The molecular formula is C15H17NO5S2. The van der Waals surface area contributed by atoms with Gasteiger partial charge in [-0.25, -0.2) is 0 Å². The fourth-order valence-electron chi connectivity index (χ4n) is 2.07. The molecule has 1 aliphatic rings. The number of methoxy groups -OCH3 is 2. The number of hydrogen-bond donors (Lipinski definition) is 2. The smallest absolute Gasteiger partial charge is 0.266 e. The van der Waals surface area contributed by atoms with Gasteiger partial charge in [-0.2, -0.15) is 0 Å². The molecule has 124 valence electrons. The van der Waals surface area contributed by atoms with Crippen LogP contribution in [0.5, 0.6) is 17.2 Å². The van der Waals surface area contributed by atoms with Gasteiger partial charge >= 0.3 is 0 Å². The number of rotatable bonds is 6. The van der Waals surface area contributed by atoms with Crippen LogP contribution in [0.15, 0.2) is 17.0 Å². The summed E-state index contributed by atoms with van der Waals surface area (Å²) in [5.41, 5.74) is 0.652. The Balaban J connectivity index is 2.32. The lowest BCUT2D eigenvalue weighted by Crippen LogP contribution is -2.29. The van der Waals surface area contributed by atoms with Crippen molar-refractivity contribution in [1.29, 1.82) is 0 Å². The van der Waals surface area contributed by atoms with Crippen LogP contribution < -0.4 is 9.47 Å². The van der Waals surface area contributed by atoms with Crippen LogP contribution in [-0.4, -0.2) is 52.7 Å². The summed E-state index contributed by atoms with van der Waals surface area (Å²) in [4.78, 5) is 14.3. The van der Waals surface area contributed by atoms with Gasteiger partial charge in [0.1, 0.15) is 4.32 Å². The number of benzene rings is 1. The molecule has 0 aromatic heterocycles. The van der Waals surface area contributed by atoms with Crippen LogP contribution in [0.1, 0.15) is 12.0 Å². The number of aromatic hydroxyl groups is 1. The lowest BCUT2D eigenvalue weighted by atomic mass is 10.1. The third-order valence-corrected chi connectivity index (χ3v) is 4.59. The van der Waals surface area contributed by atoms with Crippen molar-refractivity contribution in [3.8, 4) is 17.2 Å². The minimum Gasteiger partial charge on any atom is -0.502 e. The second kappa shape index (κ2) is 7.67. The maximum absolute atomic E-state index is 12.4. The number of thiocarbonyl (C=S) groups is 1. The van der Waals surface area contributed by atoms with Crippen molar-refractivity contribution in [2.45, 2.75) is 6.42 Å². The van der Waals surface area contributed by atoms with Crippen LogP contribution in [0.25, 0.3) is 6.08 Å². The van der Waals surface area contributed by atoms with Crippen molar-refractivity contribution in [2.24, 2.45) is 0 Å². The summed E-state index contributed by atoms with van der Waals surface area (Å²) in [7, 11) is 2.87. The van der Waals surface area contributed by atoms with Crippen molar-refractivity contribution in [3.05, 3.63) is 22.6 Å². The fourth-order valence-corrected chi connectivity index (χ4v) is 3.38. The number of carbonyl (C=O) groups is 1. The Bertz CT molecular complexity index is 634. The number of thioether (sulfide) groups is 1. The Morgan fingerprint density at radius 2 is 1.91 bits per heavy atom. The molecule has 0 aliphatic carbocycles. The molecule has 0 radical (unpaired) electrons. The predicted molar refractivity (Wildman–Crippen MR) is 92.8 cm³/mol. The summed E-state index contributed by atoms with van der Waals surface area (Å²) < 4.78 is 10.7. The monoisotopic (exact) mass is 355 g/mol. The first-order valence-electron chi connectivity index (χ1n) is 6.83. The Kier molecular flexibility index (Phi) is 5.86. The van der Waals surface area contributed by atoms with Crippen molar-refractivity contribution in [3.63, 3.8) is 0 Å². The summed E-state index contributed by atoms with van der Waals surface area (Å²) in [6, 6.07) is 3.22. The van der Waals surface area contributed by atoms with Gasteiger partial charge in [-0.15, -0.1) is 0 Å². The Morgan fingerprint density at radius 1 is 1.30 bits per heavy atom. The molecule has 0 saturated carbocycles. The highest BCUT2D eigenvalue weighted by atomic mass is 32.2. The van der Waals surface area contributed by atoms with Crippen molar-refractivity contribution < 1.29 is 24.5 Å². The minimum atomic E-state index is -0.195. The van der Waals surface area contributed by atoms with Gasteiger partial charge in [0, 0.05) is 13.2 Å². The van der Waals surface area contributed by atoms with Gasteiger partial charge in [0.25, 0.3) is 5.91 Å². The molecule has 0 bridgehead atoms. The third kappa shape index (κ3) is 3.77. The van der Waals surface area contributed by atoms with Crippen molar-refractivity contribution >= 4 is 40.3 Å². The predicted octanol–water partition coefficient (Wildman–Crippen LogP) is 1.99. The van der Waals surface area contributed by atoms with E-state index in [0.29, 0.717) is 27.8 Å². The molecule has 1 aromatic rings. The minimum absolute atomic E-state index is 0.00245. The molecule has 6 nitrogen and oxygen atoms in total. The number of ether oxygens (including phenoxy) is 2. The molecule has 1 heterocycles.